The second-order valence-electron chi connectivity index (χ2n) is 10.6. The molecular formula is C28H32O16. The van der Waals surface area contributed by atoms with Crippen LogP contribution in [0, 0.1) is 6.92 Å². The number of hydrogen-bond donors (Lipinski definition) is 10. The van der Waals surface area contributed by atoms with E-state index in [4.69, 9.17) is 23.4 Å². The van der Waals surface area contributed by atoms with E-state index in [1.54, 1.807) is 6.92 Å². The zero-order valence-corrected chi connectivity index (χ0v) is 23.0. The Bertz CT molecular complexity index is 1550. The number of hydrogen-bond acceptors (Lipinski definition) is 16. The smallest absolute Gasteiger partial charge is 0.239 e. The van der Waals surface area contributed by atoms with E-state index in [-0.39, 0.29) is 22.7 Å². The van der Waals surface area contributed by atoms with Crippen molar-refractivity contribution in [1.82, 2.24) is 0 Å². The van der Waals surface area contributed by atoms with Crippen molar-refractivity contribution in [2.75, 3.05) is 13.2 Å². The van der Waals surface area contributed by atoms with Crippen molar-refractivity contribution in [1.29, 1.82) is 0 Å². The number of phenols is 3. The lowest BCUT2D eigenvalue weighted by molar-refractivity contribution is -0.358. The van der Waals surface area contributed by atoms with Gasteiger partial charge in [0.2, 0.25) is 17.5 Å². The Balaban J connectivity index is 1.61. The van der Waals surface area contributed by atoms with Gasteiger partial charge < -0.3 is 74.4 Å². The molecule has 0 amide bonds. The number of fused-ring (bicyclic) bond motifs is 1. The molecular weight excluding hydrogens is 592 g/mol. The van der Waals surface area contributed by atoms with Gasteiger partial charge in [0.1, 0.15) is 70.9 Å². The summed E-state index contributed by atoms with van der Waals surface area (Å²) in [5.74, 6) is -2.09. The maximum atomic E-state index is 13.8. The van der Waals surface area contributed by atoms with Crippen LogP contribution in [0.25, 0.3) is 22.3 Å². The molecule has 16 heteroatoms. The van der Waals surface area contributed by atoms with E-state index in [9.17, 15) is 55.9 Å². The number of rotatable bonds is 7. The fourth-order valence-corrected chi connectivity index (χ4v) is 5.11. The van der Waals surface area contributed by atoms with Crippen molar-refractivity contribution in [3.05, 3.63) is 46.1 Å². The van der Waals surface area contributed by atoms with E-state index in [2.05, 4.69) is 0 Å². The molecule has 0 saturated carbocycles. The van der Waals surface area contributed by atoms with Crippen LogP contribution in [0.2, 0.25) is 0 Å². The summed E-state index contributed by atoms with van der Waals surface area (Å²) < 4.78 is 28.4. The molecule has 0 radical (unpaired) electrons. The van der Waals surface area contributed by atoms with Crippen LogP contribution in [0.5, 0.6) is 23.0 Å². The fourth-order valence-electron chi connectivity index (χ4n) is 5.11. The van der Waals surface area contributed by atoms with Crippen LogP contribution in [-0.4, -0.2) is 126 Å². The van der Waals surface area contributed by atoms with Gasteiger partial charge in [-0.2, -0.15) is 0 Å². The van der Waals surface area contributed by atoms with Gasteiger partial charge in [0.25, 0.3) is 0 Å². The van der Waals surface area contributed by atoms with Crippen LogP contribution in [0.1, 0.15) is 5.56 Å². The summed E-state index contributed by atoms with van der Waals surface area (Å²) >= 11 is 0. The van der Waals surface area contributed by atoms with Crippen molar-refractivity contribution in [3.8, 4) is 34.3 Å². The second-order valence-corrected chi connectivity index (χ2v) is 10.6. The standard InChI is InChI=1S/C28H32O16/c1-9-4-10(2-3-12(9)32)24-25(20(36)17-13(33)5-11(31)6-14(17)40-24)43-28-26(22(38)19(35)16(8-30)42-28)44-27-23(39)21(37)18(34)15(7-29)41-27/h2-6,15-16,18-19,21-23,26-35,37-39H,7-8H2,1H3/t15?,16?,18-,19+,21-,22-,23?,26?,27+,28+/m1/s1. The maximum Gasteiger partial charge on any atom is 0.239 e. The molecule has 0 aliphatic carbocycles. The van der Waals surface area contributed by atoms with Crippen LogP contribution in [0.4, 0.5) is 0 Å². The van der Waals surface area contributed by atoms with Gasteiger partial charge in [0, 0.05) is 17.7 Å². The van der Waals surface area contributed by atoms with Crippen LogP contribution in [0.15, 0.2) is 39.5 Å². The predicted octanol–water partition coefficient (Wildman–Crippen LogP) is -2.11. The third-order valence-corrected chi connectivity index (χ3v) is 7.57. The molecule has 5 rings (SSSR count). The van der Waals surface area contributed by atoms with E-state index >= 15 is 0 Å². The molecule has 1 aromatic heterocycles. The lowest BCUT2D eigenvalue weighted by Crippen LogP contribution is -2.65. The summed E-state index contributed by atoms with van der Waals surface area (Å²) in [7, 11) is 0. The predicted molar refractivity (Wildman–Crippen MR) is 145 cm³/mol. The zero-order chi connectivity index (χ0) is 32.0. The zero-order valence-electron chi connectivity index (χ0n) is 23.0. The molecule has 3 aromatic rings. The first kappa shape index (κ1) is 31.9. The molecule has 3 heterocycles. The number of aryl methyl sites for hydroxylation is 1. The average Bonchev–Trinajstić information content (AvgIpc) is 2.98. The molecule has 44 heavy (non-hydrogen) atoms. The first-order valence-corrected chi connectivity index (χ1v) is 13.4. The molecule has 10 N–H and O–H groups in total. The van der Waals surface area contributed by atoms with Crippen LogP contribution < -0.4 is 10.2 Å². The third kappa shape index (κ3) is 5.68. The van der Waals surface area contributed by atoms with Gasteiger partial charge in [-0.05, 0) is 30.7 Å². The average molecular weight is 625 g/mol. The van der Waals surface area contributed by atoms with Crippen LogP contribution in [0.3, 0.4) is 0 Å². The van der Waals surface area contributed by atoms with Gasteiger partial charge in [0.15, 0.2) is 18.2 Å². The molecule has 0 bridgehead atoms. The van der Waals surface area contributed by atoms with E-state index in [1.807, 2.05) is 0 Å². The third-order valence-electron chi connectivity index (χ3n) is 7.57. The first-order valence-electron chi connectivity index (χ1n) is 13.4. The van der Waals surface area contributed by atoms with E-state index in [0.717, 1.165) is 12.1 Å². The summed E-state index contributed by atoms with van der Waals surface area (Å²) in [5.41, 5.74) is -0.686. The van der Waals surface area contributed by atoms with Gasteiger partial charge in [-0.25, -0.2) is 0 Å². The maximum absolute atomic E-state index is 13.8. The Morgan fingerprint density at radius 3 is 2.05 bits per heavy atom. The molecule has 2 aliphatic rings. The summed E-state index contributed by atoms with van der Waals surface area (Å²) in [6, 6.07) is 6.08. The molecule has 2 fully saturated rings. The normalized spacial score (nSPS) is 32.5. The second kappa shape index (κ2) is 12.4. The van der Waals surface area contributed by atoms with E-state index < -0.39 is 103 Å². The molecule has 10 atom stereocenters. The van der Waals surface area contributed by atoms with Crippen molar-refractivity contribution < 1.29 is 74.4 Å². The highest BCUT2D eigenvalue weighted by molar-refractivity contribution is 5.88. The Morgan fingerprint density at radius 1 is 0.773 bits per heavy atom. The summed E-state index contributed by atoms with van der Waals surface area (Å²) in [6.07, 6.45) is -17.7. The van der Waals surface area contributed by atoms with Gasteiger partial charge >= 0.3 is 0 Å². The Kier molecular flexibility index (Phi) is 9.01. The Hall–Kier alpha value is -3.55. The molecule has 2 aromatic carbocycles. The summed E-state index contributed by atoms with van der Waals surface area (Å²) in [5, 5.41) is 102. The van der Waals surface area contributed by atoms with Crippen molar-refractivity contribution in [2.24, 2.45) is 0 Å². The summed E-state index contributed by atoms with van der Waals surface area (Å²) in [4.78, 5) is 13.8. The lowest BCUT2D eigenvalue weighted by Gasteiger charge is -2.45. The van der Waals surface area contributed by atoms with Crippen molar-refractivity contribution in [3.63, 3.8) is 0 Å². The highest BCUT2D eigenvalue weighted by Gasteiger charge is 2.51. The minimum Gasteiger partial charge on any atom is -0.508 e. The number of benzene rings is 2. The Labute approximate surface area is 247 Å². The van der Waals surface area contributed by atoms with Gasteiger partial charge in [-0.15, -0.1) is 0 Å². The molecule has 240 valence electrons. The van der Waals surface area contributed by atoms with Gasteiger partial charge in [-0.1, -0.05) is 0 Å². The minimum atomic E-state index is -1.93. The number of aliphatic hydroxyl groups excluding tert-OH is 7. The lowest BCUT2D eigenvalue weighted by atomic mass is 9.97. The topological polar surface area (TPSA) is 269 Å². The molecule has 0 spiro atoms. The largest absolute Gasteiger partial charge is 0.508 e. The summed E-state index contributed by atoms with van der Waals surface area (Å²) in [6.45, 7) is -0.0636. The number of aromatic hydroxyl groups is 3. The quantitative estimate of drug-likeness (QED) is 0.135. The van der Waals surface area contributed by atoms with Crippen LogP contribution in [-0.2, 0) is 14.2 Å². The minimum absolute atomic E-state index is 0.0823. The first-order chi connectivity index (χ1) is 20.9. The van der Waals surface area contributed by atoms with Gasteiger partial charge in [-0.3, -0.25) is 4.79 Å². The van der Waals surface area contributed by atoms with Crippen molar-refractivity contribution >= 4 is 11.0 Å². The van der Waals surface area contributed by atoms with E-state index in [1.165, 1.54) is 18.2 Å². The molecule has 16 nitrogen and oxygen atoms in total. The number of phenolic OH excluding ortho intramolecular Hbond substituents is 3. The molecule has 2 saturated heterocycles. The molecule has 4 unspecified atom stereocenters. The van der Waals surface area contributed by atoms with Gasteiger partial charge in [0.05, 0.1) is 13.2 Å². The van der Waals surface area contributed by atoms with Crippen LogP contribution >= 0.6 is 0 Å². The Morgan fingerprint density at radius 2 is 1.41 bits per heavy atom. The monoisotopic (exact) mass is 624 g/mol. The highest BCUT2D eigenvalue weighted by Crippen LogP contribution is 2.39. The fraction of sp³-hybridized carbons (Fsp3) is 0.464. The van der Waals surface area contributed by atoms with Crippen molar-refractivity contribution in [2.45, 2.75) is 68.3 Å². The molecule has 2 aliphatic heterocycles. The van der Waals surface area contributed by atoms with E-state index in [0.29, 0.717) is 5.56 Å². The number of aliphatic hydroxyl groups is 7. The number of ether oxygens (including phenoxy) is 4. The highest BCUT2D eigenvalue weighted by atomic mass is 16.8. The SMILES string of the molecule is Cc1cc(-c2oc3cc(O)cc(O)c3c(=O)c2O[C@@H]2OC(CO)[C@H](O)[C@@H](O)C2O[C@@H]2OC(CO)[C@@H](O)[C@@H](O)C2O)ccc1O.